The highest BCUT2D eigenvalue weighted by Gasteiger charge is 2.19. The van der Waals surface area contributed by atoms with Crippen molar-refractivity contribution in [3.05, 3.63) is 70.6 Å². The van der Waals surface area contributed by atoms with Crippen LogP contribution in [-0.2, 0) is 36.8 Å². The molecular formula is C33H47ClFN3O6. The lowest BCUT2D eigenvalue weighted by atomic mass is 10.1. The zero-order valence-electron chi connectivity index (χ0n) is 26.4. The van der Waals surface area contributed by atoms with Gasteiger partial charge < -0.3 is 38.5 Å². The highest BCUT2D eigenvalue weighted by atomic mass is 35.5. The average Bonchev–Trinajstić information content (AvgIpc) is 3.36. The number of carbonyl (C=O) groups excluding carboxylic acids is 1. The fourth-order valence-corrected chi connectivity index (χ4v) is 4.49. The van der Waals surface area contributed by atoms with Crippen molar-refractivity contribution in [3.63, 3.8) is 0 Å². The van der Waals surface area contributed by atoms with Crippen LogP contribution in [-0.4, -0.2) is 94.2 Å². The standard InChI is InChI=1S/C33H47ClFN3O6/c1-33(2,3)44-32(39)37(4)12-5-14-40-16-18-42-20-21-43-19-17-41-15-11-36-24-27-22-29(35)23-31-30(27)10-13-38(31)25-26-6-8-28(34)9-7-26/h6-10,13,22-23,36H,5,11-12,14-21,24-25H2,1-4H3. The molecule has 1 heterocycles. The van der Waals surface area contributed by atoms with Crippen molar-refractivity contribution < 1.29 is 32.9 Å². The summed E-state index contributed by atoms with van der Waals surface area (Å²) in [6.45, 7) is 11.9. The molecule has 3 rings (SSSR count). The molecule has 244 valence electrons. The number of nitrogens with zero attached hydrogens (tertiary/aromatic N) is 2. The largest absolute Gasteiger partial charge is 0.444 e. The Morgan fingerprint density at radius 1 is 0.909 bits per heavy atom. The van der Waals surface area contributed by atoms with Crippen LogP contribution < -0.4 is 5.32 Å². The summed E-state index contributed by atoms with van der Waals surface area (Å²) in [5.74, 6) is -0.254. The lowest BCUT2D eigenvalue weighted by Gasteiger charge is -2.24. The average molecular weight is 636 g/mol. The number of amides is 1. The molecule has 1 aromatic heterocycles. The van der Waals surface area contributed by atoms with E-state index in [2.05, 4.69) is 5.32 Å². The zero-order valence-corrected chi connectivity index (χ0v) is 27.2. The first-order valence-electron chi connectivity index (χ1n) is 15.1. The Balaban J connectivity index is 1.16. The van der Waals surface area contributed by atoms with Gasteiger partial charge in [-0.15, -0.1) is 0 Å². The molecule has 0 aliphatic rings. The first kappa shape index (κ1) is 35.7. The number of rotatable bonds is 20. The lowest BCUT2D eigenvalue weighted by Crippen LogP contribution is -2.35. The minimum absolute atomic E-state index is 0.254. The first-order chi connectivity index (χ1) is 21.1. The van der Waals surface area contributed by atoms with Gasteiger partial charge in [-0.2, -0.15) is 0 Å². The van der Waals surface area contributed by atoms with Crippen LogP contribution in [0.15, 0.2) is 48.7 Å². The predicted octanol–water partition coefficient (Wildman–Crippen LogP) is 5.90. The fourth-order valence-electron chi connectivity index (χ4n) is 4.37. The molecule has 0 fully saturated rings. The van der Waals surface area contributed by atoms with E-state index in [1.807, 2.05) is 61.9 Å². The van der Waals surface area contributed by atoms with Crippen molar-refractivity contribution in [1.29, 1.82) is 0 Å². The molecule has 0 unspecified atom stereocenters. The van der Waals surface area contributed by atoms with Crippen LogP contribution >= 0.6 is 11.6 Å². The number of ether oxygens (including phenoxy) is 5. The maximum absolute atomic E-state index is 14.4. The van der Waals surface area contributed by atoms with Crippen molar-refractivity contribution >= 4 is 28.6 Å². The van der Waals surface area contributed by atoms with E-state index in [0.29, 0.717) is 84.1 Å². The molecule has 3 aromatic rings. The third kappa shape index (κ3) is 13.5. The van der Waals surface area contributed by atoms with Crippen LogP contribution in [0.5, 0.6) is 0 Å². The molecule has 0 saturated heterocycles. The van der Waals surface area contributed by atoms with Gasteiger partial charge in [0.2, 0.25) is 0 Å². The van der Waals surface area contributed by atoms with Crippen molar-refractivity contribution in [2.24, 2.45) is 0 Å². The van der Waals surface area contributed by atoms with E-state index in [9.17, 15) is 9.18 Å². The molecule has 11 heteroatoms. The van der Waals surface area contributed by atoms with Gasteiger partial charge >= 0.3 is 6.09 Å². The molecule has 2 aromatic carbocycles. The molecule has 0 bridgehead atoms. The second-order valence-corrected chi connectivity index (χ2v) is 11.9. The SMILES string of the molecule is CN(CCCOCCOCCOCCOCCNCc1cc(F)cc2c1ccn2Cc1ccc(Cl)cc1)C(=O)OC(C)(C)C. The number of hydrogen-bond donors (Lipinski definition) is 1. The highest BCUT2D eigenvalue weighted by molar-refractivity contribution is 6.30. The second kappa shape index (κ2) is 18.9. The van der Waals surface area contributed by atoms with Crippen LogP contribution in [0.25, 0.3) is 10.9 Å². The summed E-state index contributed by atoms with van der Waals surface area (Å²) in [7, 11) is 1.72. The van der Waals surface area contributed by atoms with Gasteiger partial charge in [0, 0.05) is 56.4 Å². The lowest BCUT2D eigenvalue weighted by molar-refractivity contribution is -0.00272. The quantitative estimate of drug-likeness (QED) is 0.155. The van der Waals surface area contributed by atoms with Gasteiger partial charge in [0.25, 0.3) is 0 Å². The Labute approximate surface area is 265 Å². The van der Waals surface area contributed by atoms with Crippen molar-refractivity contribution in [1.82, 2.24) is 14.8 Å². The summed E-state index contributed by atoms with van der Waals surface area (Å²) in [4.78, 5) is 13.5. The maximum atomic E-state index is 14.4. The van der Waals surface area contributed by atoms with Crippen LogP contribution in [0.1, 0.15) is 38.3 Å². The smallest absolute Gasteiger partial charge is 0.410 e. The number of benzene rings is 2. The van der Waals surface area contributed by atoms with E-state index in [1.165, 1.54) is 0 Å². The van der Waals surface area contributed by atoms with Crippen LogP contribution in [0.2, 0.25) is 5.02 Å². The van der Waals surface area contributed by atoms with E-state index in [-0.39, 0.29) is 11.9 Å². The van der Waals surface area contributed by atoms with Gasteiger partial charge in [0.1, 0.15) is 11.4 Å². The second-order valence-electron chi connectivity index (χ2n) is 11.4. The van der Waals surface area contributed by atoms with Crippen molar-refractivity contribution in [3.8, 4) is 0 Å². The van der Waals surface area contributed by atoms with E-state index in [1.54, 1.807) is 24.1 Å². The Kier molecular flexibility index (Phi) is 15.4. The summed E-state index contributed by atoms with van der Waals surface area (Å²) in [6, 6.07) is 12.9. The Morgan fingerprint density at radius 2 is 1.52 bits per heavy atom. The van der Waals surface area contributed by atoms with Gasteiger partial charge in [0.05, 0.1) is 51.8 Å². The summed E-state index contributed by atoms with van der Waals surface area (Å²) >= 11 is 5.99. The Bertz CT molecular complexity index is 1260. The van der Waals surface area contributed by atoms with Gasteiger partial charge in [-0.1, -0.05) is 23.7 Å². The number of fused-ring (bicyclic) bond motifs is 1. The van der Waals surface area contributed by atoms with E-state index in [0.717, 1.165) is 28.5 Å². The number of carbonyl (C=O) groups is 1. The Morgan fingerprint density at radius 3 is 2.16 bits per heavy atom. The zero-order chi connectivity index (χ0) is 31.8. The first-order valence-corrected chi connectivity index (χ1v) is 15.5. The van der Waals surface area contributed by atoms with Crippen LogP contribution in [0.3, 0.4) is 0 Å². The van der Waals surface area contributed by atoms with Crippen LogP contribution in [0.4, 0.5) is 9.18 Å². The third-order valence-electron chi connectivity index (χ3n) is 6.55. The molecule has 44 heavy (non-hydrogen) atoms. The number of hydrogen-bond acceptors (Lipinski definition) is 7. The molecule has 9 nitrogen and oxygen atoms in total. The summed E-state index contributed by atoms with van der Waals surface area (Å²) in [5.41, 5.74) is 2.38. The summed E-state index contributed by atoms with van der Waals surface area (Å²) < 4.78 is 44.0. The highest BCUT2D eigenvalue weighted by Crippen LogP contribution is 2.23. The predicted molar refractivity (Wildman–Crippen MR) is 171 cm³/mol. The van der Waals surface area contributed by atoms with E-state index in [4.69, 9.17) is 35.3 Å². The molecule has 0 atom stereocenters. The number of aromatic nitrogens is 1. The summed E-state index contributed by atoms with van der Waals surface area (Å²) in [6.07, 6.45) is 2.38. The van der Waals surface area contributed by atoms with Gasteiger partial charge in [-0.05, 0) is 68.7 Å². The third-order valence-corrected chi connectivity index (χ3v) is 6.80. The topological polar surface area (TPSA) is 83.4 Å². The van der Waals surface area contributed by atoms with E-state index >= 15 is 0 Å². The number of nitrogens with one attached hydrogen (secondary N) is 1. The molecule has 0 saturated carbocycles. The Hall–Kier alpha value is -2.73. The van der Waals surface area contributed by atoms with Gasteiger partial charge in [0.15, 0.2) is 0 Å². The molecule has 1 amide bonds. The monoisotopic (exact) mass is 635 g/mol. The minimum atomic E-state index is -0.497. The maximum Gasteiger partial charge on any atom is 0.410 e. The van der Waals surface area contributed by atoms with Crippen LogP contribution in [0, 0.1) is 5.82 Å². The summed E-state index contributed by atoms with van der Waals surface area (Å²) in [5, 5.41) is 5.06. The van der Waals surface area contributed by atoms with E-state index < -0.39 is 5.60 Å². The molecule has 0 aliphatic carbocycles. The molecule has 0 aliphatic heterocycles. The fraction of sp³-hybridized carbons (Fsp3) is 0.545. The number of halogens is 2. The van der Waals surface area contributed by atoms with Gasteiger partial charge in [-0.25, -0.2) is 9.18 Å². The molecule has 0 spiro atoms. The van der Waals surface area contributed by atoms with Crippen molar-refractivity contribution in [2.45, 2.75) is 45.9 Å². The van der Waals surface area contributed by atoms with Gasteiger partial charge in [-0.3, -0.25) is 0 Å². The normalized spacial score (nSPS) is 11.8. The molecule has 1 N–H and O–H groups in total. The minimum Gasteiger partial charge on any atom is -0.444 e. The van der Waals surface area contributed by atoms with Crippen molar-refractivity contribution in [2.75, 3.05) is 73.0 Å². The molecular weight excluding hydrogens is 589 g/mol. The molecule has 0 radical (unpaired) electrons.